The summed E-state index contributed by atoms with van der Waals surface area (Å²) in [6, 6.07) is 15.7. The first kappa shape index (κ1) is 35.3. The van der Waals surface area contributed by atoms with Crippen LogP contribution >= 0.6 is 11.8 Å². The van der Waals surface area contributed by atoms with E-state index in [2.05, 4.69) is 46.8 Å². The Morgan fingerprint density at radius 2 is 1.57 bits per heavy atom. The lowest BCUT2D eigenvalue weighted by molar-refractivity contribution is -0.149. The quantitative estimate of drug-likeness (QED) is 0.331. The van der Waals surface area contributed by atoms with Crippen molar-refractivity contribution in [2.75, 3.05) is 31.2 Å². The Morgan fingerprint density at radius 3 is 2.20 bits per heavy atom. The molecule has 2 aromatic rings. The maximum atomic E-state index is 15.2. The summed E-state index contributed by atoms with van der Waals surface area (Å²) in [5, 5.41) is 10.9. The van der Waals surface area contributed by atoms with E-state index in [9.17, 15) is 9.90 Å². The molecule has 6 rings (SSSR count). The molecule has 0 bridgehead atoms. The SMILES string of the molecule is CCOc1ccc(N2CC=C[C@@]3(C)S[C@]45C=CCN(C(C)(C)CC(C)(C)C)C(=O)C4N([C@@H](CO)Cc4ccccc4)C(=O)[C@@H]5[C@H]3C2=O)cc1. The van der Waals surface area contributed by atoms with Crippen LogP contribution in [-0.4, -0.2) is 86.0 Å². The summed E-state index contributed by atoms with van der Waals surface area (Å²) in [6.07, 6.45) is 9.35. The maximum absolute atomic E-state index is 15.2. The van der Waals surface area contributed by atoms with Crippen LogP contribution in [0.5, 0.6) is 5.75 Å². The molecule has 9 heteroatoms. The lowest BCUT2D eigenvalue weighted by Gasteiger charge is -2.45. The molecule has 4 aliphatic rings. The first-order valence-corrected chi connectivity index (χ1v) is 18.4. The van der Waals surface area contributed by atoms with Crippen LogP contribution in [-0.2, 0) is 20.8 Å². The van der Waals surface area contributed by atoms with Crippen molar-refractivity contribution >= 4 is 35.2 Å². The average Bonchev–Trinajstić information content (AvgIpc) is 3.30. The first-order chi connectivity index (χ1) is 23.2. The fourth-order valence-electron chi connectivity index (χ4n) is 9.05. The number of carbonyl (C=O) groups is 3. The summed E-state index contributed by atoms with van der Waals surface area (Å²) in [6.45, 7) is 15.7. The number of amides is 3. The van der Waals surface area contributed by atoms with Gasteiger partial charge in [0.15, 0.2) is 0 Å². The largest absolute Gasteiger partial charge is 0.494 e. The van der Waals surface area contributed by atoms with Crippen LogP contribution in [0.2, 0.25) is 0 Å². The van der Waals surface area contributed by atoms with Gasteiger partial charge in [0.2, 0.25) is 17.7 Å². The van der Waals surface area contributed by atoms with Crippen molar-refractivity contribution in [2.24, 2.45) is 17.3 Å². The zero-order valence-corrected chi connectivity index (χ0v) is 30.7. The van der Waals surface area contributed by atoms with E-state index in [0.29, 0.717) is 26.1 Å². The Hall–Kier alpha value is -3.56. The van der Waals surface area contributed by atoms with Crippen molar-refractivity contribution < 1.29 is 24.2 Å². The van der Waals surface area contributed by atoms with Crippen LogP contribution in [0, 0.1) is 17.3 Å². The van der Waals surface area contributed by atoms with E-state index in [-0.39, 0.29) is 29.7 Å². The monoisotopic (exact) mass is 685 g/mol. The van der Waals surface area contributed by atoms with Gasteiger partial charge in [0.05, 0.1) is 35.8 Å². The van der Waals surface area contributed by atoms with E-state index in [1.807, 2.05) is 85.5 Å². The summed E-state index contributed by atoms with van der Waals surface area (Å²) in [4.78, 5) is 50.6. The van der Waals surface area contributed by atoms with Crippen LogP contribution in [0.15, 0.2) is 78.9 Å². The van der Waals surface area contributed by atoms with Crippen LogP contribution in [0.25, 0.3) is 0 Å². The van der Waals surface area contributed by atoms with E-state index >= 15 is 9.59 Å². The zero-order valence-electron chi connectivity index (χ0n) is 29.9. The van der Waals surface area contributed by atoms with Gasteiger partial charge in [-0.1, -0.05) is 75.4 Å². The molecule has 2 aromatic carbocycles. The summed E-state index contributed by atoms with van der Waals surface area (Å²) in [7, 11) is 0. The molecule has 0 aliphatic carbocycles. The minimum atomic E-state index is -1.01. The highest BCUT2D eigenvalue weighted by Crippen LogP contribution is 2.66. The number of aliphatic hydroxyl groups is 1. The number of carbonyl (C=O) groups excluding carboxylic acids is 3. The van der Waals surface area contributed by atoms with Crippen molar-refractivity contribution in [3.8, 4) is 5.75 Å². The van der Waals surface area contributed by atoms with E-state index < -0.39 is 39.0 Å². The predicted octanol–water partition coefficient (Wildman–Crippen LogP) is 5.89. The van der Waals surface area contributed by atoms with Gasteiger partial charge in [-0.3, -0.25) is 14.4 Å². The number of hydrogen-bond donors (Lipinski definition) is 1. The molecule has 1 N–H and O–H groups in total. The number of aliphatic hydroxyl groups excluding tert-OH is 1. The second-order valence-corrected chi connectivity index (χ2v) is 17.7. The third-order valence-corrected chi connectivity index (χ3v) is 12.4. The molecule has 49 heavy (non-hydrogen) atoms. The maximum Gasteiger partial charge on any atom is 0.247 e. The zero-order chi connectivity index (χ0) is 35.4. The highest BCUT2D eigenvalue weighted by Gasteiger charge is 2.74. The van der Waals surface area contributed by atoms with Gasteiger partial charge in [-0.2, -0.15) is 0 Å². The van der Waals surface area contributed by atoms with Gasteiger partial charge in [-0.15, -0.1) is 11.8 Å². The highest BCUT2D eigenvalue weighted by molar-refractivity contribution is 8.02. The summed E-state index contributed by atoms with van der Waals surface area (Å²) >= 11 is 1.57. The van der Waals surface area contributed by atoms with Crippen molar-refractivity contribution in [1.29, 1.82) is 0 Å². The standard InChI is InChI=1S/C40H51N3O5S/c1-8-48-30-18-16-28(17-19-30)41-22-12-20-39(7)31(34(41)45)32-35(46)43(29(25-44)24-27-14-10-9-11-15-27)33-36(47)42(23-13-21-40(32,33)49-39)38(5,6)26-37(2,3)4/h9-21,29,31-33,44H,8,22-26H2,1-7H3/t29-,31+,32+,33?,39-,40+/m1/s1. The fraction of sp³-hybridized carbons (Fsp3) is 0.525. The number of nitrogens with zero attached hydrogens (tertiary/aromatic N) is 3. The highest BCUT2D eigenvalue weighted by atomic mass is 32.2. The molecule has 3 amide bonds. The van der Waals surface area contributed by atoms with E-state index in [1.165, 1.54) is 0 Å². The van der Waals surface area contributed by atoms with Gasteiger partial charge in [0.1, 0.15) is 11.8 Å². The summed E-state index contributed by atoms with van der Waals surface area (Å²) in [5.41, 5.74) is 1.14. The minimum Gasteiger partial charge on any atom is -0.494 e. The number of benzene rings is 2. The third-order valence-electron chi connectivity index (χ3n) is 10.6. The van der Waals surface area contributed by atoms with Crippen LogP contribution in [0.1, 0.15) is 60.5 Å². The molecule has 2 fully saturated rings. The Bertz CT molecular complexity index is 1630. The average molecular weight is 686 g/mol. The number of hydrogen-bond acceptors (Lipinski definition) is 6. The first-order valence-electron chi connectivity index (χ1n) is 17.5. The van der Waals surface area contributed by atoms with E-state index in [0.717, 1.165) is 23.4 Å². The lowest BCUT2D eigenvalue weighted by Crippen LogP contribution is -2.61. The van der Waals surface area contributed by atoms with Gasteiger partial charge in [-0.25, -0.2) is 0 Å². The van der Waals surface area contributed by atoms with Gasteiger partial charge in [-0.05, 0) is 75.8 Å². The number of thioether (sulfide) groups is 1. The summed E-state index contributed by atoms with van der Waals surface area (Å²) < 4.78 is 3.90. The molecule has 1 unspecified atom stereocenters. The smallest absolute Gasteiger partial charge is 0.247 e. The van der Waals surface area contributed by atoms with Crippen molar-refractivity contribution in [3.05, 3.63) is 84.5 Å². The number of anilines is 1. The van der Waals surface area contributed by atoms with Crippen LogP contribution in [0.3, 0.4) is 0 Å². The van der Waals surface area contributed by atoms with Gasteiger partial charge >= 0.3 is 0 Å². The normalized spacial score (nSPS) is 29.0. The van der Waals surface area contributed by atoms with Crippen molar-refractivity contribution in [3.63, 3.8) is 0 Å². The topological polar surface area (TPSA) is 90.4 Å². The van der Waals surface area contributed by atoms with Gasteiger partial charge in [0, 0.05) is 29.1 Å². The minimum absolute atomic E-state index is 0.0452. The molecule has 6 atom stereocenters. The second kappa shape index (κ2) is 13.0. The number of rotatable bonds is 9. The van der Waals surface area contributed by atoms with Gasteiger partial charge < -0.3 is 24.5 Å². The Kier molecular flexibility index (Phi) is 9.33. The van der Waals surface area contributed by atoms with E-state index in [4.69, 9.17) is 4.74 Å². The number of ether oxygens (including phenoxy) is 1. The van der Waals surface area contributed by atoms with Crippen molar-refractivity contribution in [2.45, 2.75) is 88.4 Å². The molecular formula is C40H51N3O5S. The lowest BCUT2D eigenvalue weighted by atomic mass is 9.74. The molecular weight excluding hydrogens is 635 g/mol. The Labute approximate surface area is 295 Å². The fourth-order valence-corrected chi connectivity index (χ4v) is 11.2. The Balaban J connectivity index is 1.47. The molecule has 0 radical (unpaired) electrons. The molecule has 4 heterocycles. The third kappa shape index (κ3) is 6.22. The van der Waals surface area contributed by atoms with Gasteiger partial charge in [0.25, 0.3) is 0 Å². The molecule has 262 valence electrons. The molecule has 1 spiro atoms. The molecule has 8 nitrogen and oxygen atoms in total. The Morgan fingerprint density at radius 1 is 0.898 bits per heavy atom. The predicted molar refractivity (Wildman–Crippen MR) is 195 cm³/mol. The molecule has 0 saturated carbocycles. The van der Waals surface area contributed by atoms with E-state index in [1.54, 1.807) is 21.6 Å². The van der Waals surface area contributed by atoms with Crippen LogP contribution in [0.4, 0.5) is 5.69 Å². The van der Waals surface area contributed by atoms with Crippen molar-refractivity contribution in [1.82, 2.24) is 9.80 Å². The second-order valence-electron chi connectivity index (χ2n) is 15.9. The molecule has 2 saturated heterocycles. The number of likely N-dealkylation sites (tertiary alicyclic amines) is 1. The molecule has 0 aromatic heterocycles. The van der Waals surface area contributed by atoms with Crippen LogP contribution < -0.4 is 9.64 Å². The summed E-state index contributed by atoms with van der Waals surface area (Å²) in [5.74, 6) is -1.32. The number of fused-ring (bicyclic) bond motifs is 2. The molecule has 4 aliphatic heterocycles.